The van der Waals surface area contributed by atoms with E-state index in [4.69, 9.17) is 22.4 Å². The van der Waals surface area contributed by atoms with Crippen molar-refractivity contribution in [3.8, 4) is 16.9 Å². The van der Waals surface area contributed by atoms with Crippen LogP contribution in [-0.2, 0) is 42.7 Å². The molecule has 1 amide bonds. The van der Waals surface area contributed by atoms with Gasteiger partial charge in [0, 0.05) is 60.5 Å². The Morgan fingerprint density at radius 3 is 2.30 bits per heavy atom. The molecule has 0 radical (unpaired) electrons. The summed E-state index contributed by atoms with van der Waals surface area (Å²) < 4.78 is 53.7. The maximum absolute atomic E-state index is 13.6. The van der Waals surface area contributed by atoms with E-state index in [1.54, 1.807) is 12.5 Å². The number of nitrogens with zero attached hydrogens (tertiary/aromatic N) is 3. The second-order valence-electron chi connectivity index (χ2n) is 12.8. The van der Waals surface area contributed by atoms with Crippen LogP contribution >= 0.6 is 0 Å². The van der Waals surface area contributed by atoms with Crippen LogP contribution in [0.1, 0.15) is 64.1 Å². The smallest absolute Gasteiger partial charge is 0.251 e. The minimum atomic E-state index is -3.92. The van der Waals surface area contributed by atoms with Crippen molar-refractivity contribution in [3.63, 3.8) is 0 Å². The number of hydrogen-bond donors (Lipinski definition) is 1. The zero-order valence-electron chi connectivity index (χ0n) is 31.1. The van der Waals surface area contributed by atoms with Crippen LogP contribution in [0.2, 0.25) is 0 Å². The summed E-state index contributed by atoms with van der Waals surface area (Å²) in [6, 6.07) is 22.0. The van der Waals surface area contributed by atoms with E-state index >= 15 is 0 Å². The summed E-state index contributed by atoms with van der Waals surface area (Å²) in [7, 11) is -5.13. The highest BCUT2D eigenvalue weighted by atomic mass is 32.2. The van der Waals surface area contributed by atoms with E-state index < -0.39 is 20.9 Å². The first kappa shape index (κ1) is 41.5. The number of carbonyl (C=O) groups excluding carboxylic acids is 1. The van der Waals surface area contributed by atoms with Gasteiger partial charge in [-0.1, -0.05) is 39.0 Å². The molecule has 0 aliphatic carbocycles. The van der Waals surface area contributed by atoms with E-state index in [2.05, 4.69) is 70.9 Å². The molecule has 0 saturated carbocycles. The number of ether oxygens (including phenoxy) is 2. The van der Waals surface area contributed by atoms with Crippen molar-refractivity contribution in [2.75, 3.05) is 49.4 Å². The molecule has 0 fully saturated rings. The molecule has 2 heterocycles. The van der Waals surface area contributed by atoms with Gasteiger partial charge in [0.15, 0.2) is 0 Å². The maximum atomic E-state index is 13.6. The Morgan fingerprint density at radius 1 is 0.925 bits per heavy atom. The molecule has 1 atom stereocenters. The third kappa shape index (κ3) is 13.6. The van der Waals surface area contributed by atoms with Crippen molar-refractivity contribution >= 4 is 44.3 Å². The van der Waals surface area contributed by atoms with Crippen molar-refractivity contribution in [2.24, 2.45) is 0 Å². The van der Waals surface area contributed by atoms with Gasteiger partial charge in [0.1, 0.15) is 12.4 Å². The van der Waals surface area contributed by atoms with Crippen molar-refractivity contribution in [3.05, 3.63) is 96.1 Å². The Morgan fingerprint density at radius 2 is 1.62 bits per heavy atom. The number of imidazole rings is 1. The Kier molecular flexibility index (Phi) is 16.3. The molecule has 0 bridgehead atoms. The molecule has 1 aromatic heterocycles. The normalized spacial score (nSPS) is 13.5. The molecular formula is C40H51N4O7S2-. The van der Waals surface area contributed by atoms with Crippen LogP contribution in [0.15, 0.2) is 89.7 Å². The van der Waals surface area contributed by atoms with Crippen LogP contribution in [0, 0.1) is 0 Å². The average molecular weight is 764 g/mol. The molecule has 11 nitrogen and oxygen atoms in total. The Hall–Kier alpha value is -4.30. The topological polar surface area (TPSA) is 143 Å². The predicted octanol–water partition coefficient (Wildman–Crippen LogP) is 7.27. The fourth-order valence-corrected chi connectivity index (χ4v) is 7.01. The van der Waals surface area contributed by atoms with Gasteiger partial charge in [-0.2, -0.15) is 0 Å². The number of fused-ring (bicyclic) bond motifs is 1. The third-order valence-corrected chi connectivity index (χ3v) is 9.66. The Labute approximate surface area is 316 Å². The third-order valence-electron chi connectivity index (χ3n) is 8.31. The van der Waals surface area contributed by atoms with Crippen LogP contribution in [0.3, 0.4) is 0 Å². The minimum Gasteiger partial charge on any atom is -0.748 e. The molecular weight excluding hydrogens is 713 g/mol. The largest absolute Gasteiger partial charge is 0.748 e. The first-order valence-corrected chi connectivity index (χ1v) is 21.2. The molecule has 286 valence electrons. The van der Waals surface area contributed by atoms with E-state index in [9.17, 15) is 9.00 Å². The molecule has 3 aromatic carbocycles. The Balaban J connectivity index is 0.00000117. The number of nitrogens with one attached hydrogen (secondary N) is 1. The van der Waals surface area contributed by atoms with Crippen LogP contribution < -0.4 is 15.0 Å². The van der Waals surface area contributed by atoms with Crippen molar-refractivity contribution < 1.29 is 31.4 Å². The summed E-state index contributed by atoms with van der Waals surface area (Å²) in [6.45, 7) is 11.0. The predicted molar refractivity (Wildman–Crippen MR) is 212 cm³/mol. The summed E-state index contributed by atoms with van der Waals surface area (Å²) in [5.41, 5.74) is 6.73. The number of hydrogen-bond acceptors (Lipinski definition) is 9. The van der Waals surface area contributed by atoms with Gasteiger partial charge in [-0.15, -0.1) is 0 Å². The summed E-state index contributed by atoms with van der Waals surface area (Å²) >= 11 is 0. The lowest BCUT2D eigenvalue weighted by Crippen LogP contribution is -2.28. The molecule has 5 rings (SSSR count). The van der Waals surface area contributed by atoms with Gasteiger partial charge in [-0.05, 0) is 103 Å². The van der Waals surface area contributed by atoms with Gasteiger partial charge in [0.05, 0.1) is 45.3 Å². The highest BCUT2D eigenvalue weighted by molar-refractivity contribution is 7.85. The van der Waals surface area contributed by atoms with Gasteiger partial charge >= 0.3 is 0 Å². The number of benzene rings is 3. The second kappa shape index (κ2) is 20.8. The van der Waals surface area contributed by atoms with E-state index in [0.29, 0.717) is 37.3 Å². The molecule has 1 aliphatic rings. The first-order chi connectivity index (χ1) is 25.5. The quantitative estimate of drug-likeness (QED) is 0.0921. The standard InChI is InChI=1S/C39H48N4O4S.CH4O3S/c1-4-19-42-21-7-8-32(39(44)41-34-12-16-37(17-13-34)48(45)28-35-27-40-29-43(35)20-5-2)26-33-25-31(11-18-38(33)42)30-9-14-36(15-10-30)47-24-23-46-22-6-3;1-5(2,3)4/h9-18,25-27,29H,4-8,19-24,28H2,1-3H3,(H,41,44);1H3,(H,2,3,4)/p-1/t48-;/m0./s1. The van der Waals surface area contributed by atoms with E-state index in [0.717, 1.165) is 96.2 Å². The summed E-state index contributed by atoms with van der Waals surface area (Å²) in [5.74, 6) is 1.11. The molecule has 1 N–H and O–H groups in total. The fourth-order valence-electron chi connectivity index (χ4n) is 5.90. The van der Waals surface area contributed by atoms with Crippen LogP contribution in [0.4, 0.5) is 11.4 Å². The molecule has 4 aromatic rings. The molecule has 0 unspecified atom stereocenters. The lowest BCUT2D eigenvalue weighted by Gasteiger charge is -2.29. The van der Waals surface area contributed by atoms with Crippen molar-refractivity contribution in [2.45, 2.75) is 70.1 Å². The maximum Gasteiger partial charge on any atom is 0.251 e. The van der Waals surface area contributed by atoms with E-state index in [-0.39, 0.29) is 5.91 Å². The lowest BCUT2D eigenvalue weighted by molar-refractivity contribution is -0.112. The monoisotopic (exact) mass is 763 g/mol. The van der Waals surface area contributed by atoms with E-state index in [1.807, 2.05) is 42.5 Å². The van der Waals surface area contributed by atoms with Gasteiger partial charge in [-0.25, -0.2) is 13.4 Å². The second-order valence-corrected chi connectivity index (χ2v) is 15.6. The SMILES string of the molecule is CCCOCCOc1ccc(-c2ccc3c(c2)C=C(C(=O)Nc2ccc([S@@](=O)Cc4cncn4CCC)cc2)CCCN3CCC)cc1.CS(=O)(=O)[O-]. The minimum absolute atomic E-state index is 0.114. The fraction of sp³-hybridized carbons (Fsp3) is 0.400. The number of amides is 1. The zero-order chi connectivity index (χ0) is 38.2. The van der Waals surface area contributed by atoms with Gasteiger partial charge in [-0.3, -0.25) is 9.00 Å². The Bertz CT molecular complexity index is 1920. The lowest BCUT2D eigenvalue weighted by atomic mass is 9.96. The average Bonchev–Trinajstić information content (AvgIpc) is 3.55. The molecule has 1 aliphatic heterocycles. The summed E-state index contributed by atoms with van der Waals surface area (Å²) in [6.07, 6.45) is 10.8. The molecule has 0 saturated heterocycles. The van der Waals surface area contributed by atoms with E-state index in [1.165, 1.54) is 0 Å². The highest BCUT2D eigenvalue weighted by Gasteiger charge is 2.19. The first-order valence-electron chi connectivity index (χ1n) is 18.1. The number of anilines is 2. The summed E-state index contributed by atoms with van der Waals surface area (Å²) in [4.78, 5) is 21.0. The van der Waals surface area contributed by atoms with Gasteiger partial charge < -0.3 is 28.8 Å². The van der Waals surface area contributed by atoms with Gasteiger partial charge in [0.2, 0.25) is 0 Å². The summed E-state index contributed by atoms with van der Waals surface area (Å²) in [5, 5.41) is 3.09. The van der Waals surface area contributed by atoms with Crippen LogP contribution in [0.25, 0.3) is 17.2 Å². The van der Waals surface area contributed by atoms with Crippen molar-refractivity contribution in [1.29, 1.82) is 0 Å². The van der Waals surface area contributed by atoms with Crippen molar-refractivity contribution in [1.82, 2.24) is 9.55 Å². The number of carbonyl (C=O) groups is 1. The number of rotatable bonds is 16. The van der Waals surface area contributed by atoms with Gasteiger partial charge in [0.25, 0.3) is 5.91 Å². The molecule has 0 spiro atoms. The zero-order valence-corrected chi connectivity index (χ0v) is 32.7. The van der Waals surface area contributed by atoms with Crippen LogP contribution in [-0.4, -0.2) is 71.8 Å². The number of aromatic nitrogens is 2. The molecule has 53 heavy (non-hydrogen) atoms. The number of aryl methyl sites for hydroxylation is 1. The van der Waals surface area contributed by atoms with Crippen LogP contribution in [0.5, 0.6) is 5.75 Å². The molecule has 13 heteroatoms. The highest BCUT2D eigenvalue weighted by Crippen LogP contribution is 2.33.